The van der Waals surface area contributed by atoms with Crippen LogP contribution in [0.15, 0.2) is 77.3 Å². The number of amides is 2. The smallest absolute Gasteiger partial charge is 0.261 e. The summed E-state index contributed by atoms with van der Waals surface area (Å²) in [4.78, 5) is 28.7. The van der Waals surface area contributed by atoms with Gasteiger partial charge >= 0.3 is 0 Å². The number of nitrogens with one attached hydrogen (secondary N) is 1. The molecular weight excluding hydrogens is 563 g/mol. The first-order chi connectivity index (χ1) is 17.3. The summed E-state index contributed by atoms with van der Waals surface area (Å²) in [6.07, 6.45) is 1.12. The summed E-state index contributed by atoms with van der Waals surface area (Å²) in [5.41, 5.74) is 1.69. The highest BCUT2D eigenvalue weighted by Gasteiger charge is 2.31. The molecule has 2 unspecified atom stereocenters. The van der Waals surface area contributed by atoms with Crippen molar-refractivity contribution < 1.29 is 14.3 Å². The van der Waals surface area contributed by atoms with Crippen molar-refractivity contribution in [2.75, 3.05) is 6.61 Å². The van der Waals surface area contributed by atoms with Gasteiger partial charge in [0.1, 0.15) is 11.8 Å². The molecule has 0 saturated heterocycles. The molecule has 0 spiro atoms. The van der Waals surface area contributed by atoms with Gasteiger partial charge in [-0.15, -0.1) is 0 Å². The van der Waals surface area contributed by atoms with E-state index >= 15 is 0 Å². The van der Waals surface area contributed by atoms with E-state index in [-0.39, 0.29) is 31.0 Å². The monoisotopic (exact) mass is 590 g/mol. The van der Waals surface area contributed by atoms with Gasteiger partial charge in [-0.25, -0.2) is 0 Å². The zero-order valence-electron chi connectivity index (χ0n) is 20.2. The summed E-state index contributed by atoms with van der Waals surface area (Å²) in [6.45, 7) is 3.85. The molecule has 2 atom stereocenters. The first kappa shape index (κ1) is 28.0. The molecule has 190 valence electrons. The SMILES string of the molecule is CCC(C)NC(=O)C(Cc1ccccc1)N(Cc1ccccc1Cl)C(=O)COc1ccc(Cl)cc1Br. The maximum Gasteiger partial charge on any atom is 0.261 e. The first-order valence-electron chi connectivity index (χ1n) is 11.7. The number of benzene rings is 3. The molecular formula is C28H29BrCl2N2O3. The highest BCUT2D eigenvalue weighted by molar-refractivity contribution is 9.10. The van der Waals surface area contributed by atoms with Crippen LogP contribution < -0.4 is 10.1 Å². The Bertz CT molecular complexity index is 1180. The molecule has 3 aromatic rings. The lowest BCUT2D eigenvalue weighted by Crippen LogP contribution is -2.53. The Hall–Kier alpha value is -2.54. The van der Waals surface area contributed by atoms with Gasteiger partial charge in [0.25, 0.3) is 5.91 Å². The summed E-state index contributed by atoms with van der Waals surface area (Å²) >= 11 is 15.9. The summed E-state index contributed by atoms with van der Waals surface area (Å²) in [6, 6.07) is 21.2. The van der Waals surface area contributed by atoms with Crippen molar-refractivity contribution in [3.63, 3.8) is 0 Å². The average Bonchev–Trinajstić information content (AvgIpc) is 2.87. The second-order valence-corrected chi connectivity index (χ2v) is 10.2. The number of nitrogens with zero attached hydrogens (tertiary/aromatic N) is 1. The molecule has 36 heavy (non-hydrogen) atoms. The minimum absolute atomic E-state index is 0.0330. The fourth-order valence-electron chi connectivity index (χ4n) is 3.62. The van der Waals surface area contributed by atoms with Crippen LogP contribution in [0.3, 0.4) is 0 Å². The lowest BCUT2D eigenvalue weighted by molar-refractivity contribution is -0.143. The van der Waals surface area contributed by atoms with Crippen LogP contribution in [0.2, 0.25) is 10.0 Å². The van der Waals surface area contributed by atoms with Crippen LogP contribution in [-0.2, 0) is 22.6 Å². The Morgan fingerprint density at radius 1 is 1.03 bits per heavy atom. The zero-order valence-corrected chi connectivity index (χ0v) is 23.3. The number of rotatable bonds is 11. The second-order valence-electron chi connectivity index (χ2n) is 8.50. The molecule has 8 heteroatoms. The summed E-state index contributed by atoms with van der Waals surface area (Å²) in [5.74, 6) is -0.0765. The summed E-state index contributed by atoms with van der Waals surface area (Å²) in [7, 11) is 0. The van der Waals surface area contributed by atoms with Crippen molar-refractivity contribution in [1.29, 1.82) is 0 Å². The average molecular weight is 592 g/mol. The molecule has 0 aliphatic heterocycles. The maximum absolute atomic E-state index is 13.6. The Balaban J connectivity index is 1.93. The van der Waals surface area contributed by atoms with Gasteiger partial charge in [-0.1, -0.05) is 78.7 Å². The molecule has 5 nitrogen and oxygen atoms in total. The first-order valence-corrected chi connectivity index (χ1v) is 13.3. The van der Waals surface area contributed by atoms with Crippen molar-refractivity contribution in [1.82, 2.24) is 10.2 Å². The van der Waals surface area contributed by atoms with E-state index in [1.807, 2.05) is 62.4 Å². The number of halogens is 3. The van der Waals surface area contributed by atoms with Crippen molar-refractivity contribution in [2.24, 2.45) is 0 Å². The highest BCUT2D eigenvalue weighted by Crippen LogP contribution is 2.28. The van der Waals surface area contributed by atoms with E-state index in [1.165, 1.54) is 0 Å². The van der Waals surface area contributed by atoms with Gasteiger partial charge in [-0.3, -0.25) is 9.59 Å². The Morgan fingerprint density at radius 3 is 2.39 bits per heavy atom. The van der Waals surface area contributed by atoms with Crippen LogP contribution >= 0.6 is 39.1 Å². The van der Waals surface area contributed by atoms with Crippen molar-refractivity contribution in [2.45, 2.75) is 45.3 Å². The van der Waals surface area contributed by atoms with Crippen molar-refractivity contribution >= 4 is 50.9 Å². The Kier molecular flexibility index (Phi) is 10.7. The van der Waals surface area contributed by atoms with E-state index in [0.717, 1.165) is 17.5 Å². The lowest BCUT2D eigenvalue weighted by Gasteiger charge is -2.32. The van der Waals surface area contributed by atoms with Gasteiger partial charge in [0.05, 0.1) is 4.47 Å². The molecule has 0 aromatic heterocycles. The standard InChI is InChI=1S/C28H29BrCl2N2O3/c1-3-19(2)32-28(35)25(15-20-9-5-4-6-10-20)33(17-21-11-7-8-12-24(21)31)27(34)18-36-26-14-13-22(30)16-23(26)29/h4-14,16,19,25H,3,15,17-18H2,1-2H3,(H,32,35). The van der Waals surface area contributed by atoms with Crippen LogP contribution in [0, 0.1) is 0 Å². The van der Waals surface area contributed by atoms with Crippen molar-refractivity contribution in [3.8, 4) is 5.75 Å². The molecule has 3 aromatic carbocycles. The summed E-state index contributed by atoms with van der Waals surface area (Å²) < 4.78 is 6.46. The Morgan fingerprint density at radius 2 is 1.72 bits per heavy atom. The van der Waals surface area contributed by atoms with Crippen LogP contribution in [0.1, 0.15) is 31.4 Å². The van der Waals surface area contributed by atoms with Crippen LogP contribution in [0.5, 0.6) is 5.75 Å². The van der Waals surface area contributed by atoms with Crippen LogP contribution in [-0.4, -0.2) is 35.4 Å². The predicted octanol–water partition coefficient (Wildman–Crippen LogP) is 6.69. The van der Waals surface area contributed by atoms with Crippen LogP contribution in [0.25, 0.3) is 0 Å². The van der Waals surface area contributed by atoms with Gasteiger partial charge in [0.2, 0.25) is 5.91 Å². The van der Waals surface area contributed by atoms with E-state index in [0.29, 0.717) is 26.7 Å². The molecule has 0 aliphatic carbocycles. The van der Waals surface area contributed by atoms with E-state index in [4.69, 9.17) is 27.9 Å². The molecule has 0 aliphatic rings. The summed E-state index contributed by atoms with van der Waals surface area (Å²) in [5, 5.41) is 4.12. The maximum atomic E-state index is 13.6. The molecule has 0 fully saturated rings. The van der Waals surface area contributed by atoms with Gasteiger partial charge in [0.15, 0.2) is 6.61 Å². The van der Waals surface area contributed by atoms with Gasteiger partial charge < -0.3 is 15.0 Å². The molecule has 0 radical (unpaired) electrons. The van der Waals surface area contributed by atoms with E-state index in [2.05, 4.69) is 21.2 Å². The number of hydrogen-bond donors (Lipinski definition) is 1. The normalized spacial score (nSPS) is 12.5. The third-order valence-electron chi connectivity index (χ3n) is 5.82. The Labute approximate surface area is 230 Å². The highest BCUT2D eigenvalue weighted by atomic mass is 79.9. The number of carbonyl (C=O) groups is 2. The molecule has 1 N–H and O–H groups in total. The minimum Gasteiger partial charge on any atom is -0.483 e. The molecule has 2 amide bonds. The van der Waals surface area contributed by atoms with Gasteiger partial charge in [-0.05, 0) is 64.7 Å². The van der Waals surface area contributed by atoms with Crippen molar-refractivity contribution in [3.05, 3.63) is 98.4 Å². The minimum atomic E-state index is -0.762. The third-order valence-corrected chi connectivity index (χ3v) is 7.04. The quantitative estimate of drug-likeness (QED) is 0.270. The molecule has 0 bridgehead atoms. The fourth-order valence-corrected chi connectivity index (χ4v) is 4.61. The number of hydrogen-bond acceptors (Lipinski definition) is 3. The zero-order chi connectivity index (χ0) is 26.1. The van der Waals surface area contributed by atoms with E-state index in [1.54, 1.807) is 29.2 Å². The topological polar surface area (TPSA) is 58.6 Å². The fraction of sp³-hybridized carbons (Fsp3) is 0.286. The largest absolute Gasteiger partial charge is 0.483 e. The lowest BCUT2D eigenvalue weighted by atomic mass is 10.0. The van der Waals surface area contributed by atoms with E-state index < -0.39 is 6.04 Å². The predicted molar refractivity (Wildman–Crippen MR) is 148 cm³/mol. The van der Waals surface area contributed by atoms with Gasteiger partial charge in [0, 0.05) is 29.1 Å². The van der Waals surface area contributed by atoms with Gasteiger partial charge in [-0.2, -0.15) is 0 Å². The third kappa shape index (κ3) is 7.99. The number of ether oxygens (including phenoxy) is 1. The molecule has 0 saturated carbocycles. The van der Waals surface area contributed by atoms with Crippen LogP contribution in [0.4, 0.5) is 0 Å². The van der Waals surface area contributed by atoms with E-state index in [9.17, 15) is 9.59 Å². The second kappa shape index (κ2) is 13.7. The molecule has 0 heterocycles. The molecule has 3 rings (SSSR count). The number of carbonyl (C=O) groups excluding carboxylic acids is 2.